The van der Waals surface area contributed by atoms with Gasteiger partial charge in [0.1, 0.15) is 23.6 Å². The number of nitriles is 1. The van der Waals surface area contributed by atoms with Crippen LogP contribution in [0.5, 0.6) is 5.75 Å². The van der Waals surface area contributed by atoms with E-state index in [9.17, 15) is 9.59 Å². The summed E-state index contributed by atoms with van der Waals surface area (Å²) in [5.74, 6) is -0.795. The summed E-state index contributed by atoms with van der Waals surface area (Å²) in [6, 6.07) is 14.6. The van der Waals surface area contributed by atoms with E-state index in [0.29, 0.717) is 23.5 Å². The highest BCUT2D eigenvalue weighted by molar-refractivity contribution is 7.15. The van der Waals surface area contributed by atoms with Gasteiger partial charge in [-0.05, 0) is 30.2 Å². The molecule has 3 rings (SSSR count). The molecule has 1 N–H and O–H groups in total. The van der Waals surface area contributed by atoms with Crippen LogP contribution in [-0.4, -0.2) is 18.5 Å². The molecule has 1 aromatic heterocycles. The zero-order valence-electron chi connectivity index (χ0n) is 17.0. The van der Waals surface area contributed by atoms with Crippen molar-refractivity contribution in [3.8, 4) is 22.9 Å². The predicted octanol–water partition coefficient (Wildman–Crippen LogP) is 6.33. The number of carbonyl (C=O) groups excluding carboxylic acids is 2. The molecule has 0 saturated carbocycles. The molecule has 0 aliphatic heterocycles. The Labute approximate surface area is 199 Å². The van der Waals surface area contributed by atoms with E-state index in [1.807, 2.05) is 30.3 Å². The van der Waals surface area contributed by atoms with Crippen LogP contribution < -0.4 is 10.1 Å². The average molecular weight is 489 g/mol. The summed E-state index contributed by atoms with van der Waals surface area (Å²) in [5, 5.41) is 13.8. The summed E-state index contributed by atoms with van der Waals surface area (Å²) in [6.45, 7) is 2.14. The quantitative estimate of drug-likeness (QED) is 0.374. The summed E-state index contributed by atoms with van der Waals surface area (Å²) >= 11 is 14.0. The van der Waals surface area contributed by atoms with Crippen molar-refractivity contribution < 1.29 is 19.1 Å². The van der Waals surface area contributed by atoms with Gasteiger partial charge in [0.15, 0.2) is 5.75 Å². The van der Waals surface area contributed by atoms with Crippen molar-refractivity contribution in [1.82, 2.24) is 0 Å². The zero-order chi connectivity index (χ0) is 23.1. The van der Waals surface area contributed by atoms with E-state index >= 15 is 0 Å². The first-order valence-electron chi connectivity index (χ1n) is 9.56. The van der Waals surface area contributed by atoms with E-state index < -0.39 is 11.9 Å². The molecule has 9 heteroatoms. The van der Waals surface area contributed by atoms with Crippen molar-refractivity contribution in [2.75, 3.05) is 11.9 Å². The van der Waals surface area contributed by atoms with Crippen molar-refractivity contribution >= 4 is 51.4 Å². The fourth-order valence-electron chi connectivity index (χ4n) is 2.89. The largest absolute Gasteiger partial charge is 0.486 e. The lowest BCUT2D eigenvalue weighted by Gasteiger charge is -2.13. The molecule has 0 fully saturated rings. The number of halogens is 2. The number of hydrogen-bond donors (Lipinski definition) is 1. The van der Waals surface area contributed by atoms with E-state index in [2.05, 4.69) is 5.32 Å². The lowest BCUT2D eigenvalue weighted by atomic mass is 10.0. The summed E-state index contributed by atoms with van der Waals surface area (Å²) in [5.41, 5.74) is 2.20. The van der Waals surface area contributed by atoms with Crippen molar-refractivity contribution in [2.24, 2.45) is 0 Å². The van der Waals surface area contributed by atoms with Gasteiger partial charge in [-0.1, -0.05) is 53.5 Å². The minimum atomic E-state index is -0.604. The first kappa shape index (κ1) is 23.6. The van der Waals surface area contributed by atoms with Crippen LogP contribution >= 0.6 is 34.5 Å². The highest BCUT2D eigenvalue weighted by atomic mass is 35.5. The van der Waals surface area contributed by atoms with Gasteiger partial charge in [0.05, 0.1) is 22.7 Å². The van der Waals surface area contributed by atoms with Crippen molar-refractivity contribution in [3.63, 3.8) is 0 Å². The molecule has 164 valence electrons. The van der Waals surface area contributed by atoms with Gasteiger partial charge in [0.2, 0.25) is 5.91 Å². The SMILES string of the molecule is CCOC(=O)c1c(-c2cc(Cl)c(OCc3ccccc3)c(Cl)c2)csc1NC(=O)CC#N. The molecule has 0 unspecified atom stereocenters. The highest BCUT2D eigenvalue weighted by Gasteiger charge is 2.24. The van der Waals surface area contributed by atoms with Crippen LogP contribution in [0.4, 0.5) is 5.00 Å². The molecule has 0 bridgehead atoms. The monoisotopic (exact) mass is 488 g/mol. The molecule has 3 aromatic rings. The third kappa shape index (κ3) is 5.60. The van der Waals surface area contributed by atoms with E-state index in [1.54, 1.807) is 30.5 Å². The Bertz CT molecular complexity index is 1150. The summed E-state index contributed by atoms with van der Waals surface area (Å²) < 4.78 is 11.0. The molecule has 6 nitrogen and oxygen atoms in total. The van der Waals surface area contributed by atoms with Gasteiger partial charge >= 0.3 is 5.97 Å². The van der Waals surface area contributed by atoms with Crippen LogP contribution in [0.2, 0.25) is 10.0 Å². The van der Waals surface area contributed by atoms with Gasteiger partial charge < -0.3 is 14.8 Å². The van der Waals surface area contributed by atoms with Crippen LogP contribution in [0.1, 0.15) is 29.3 Å². The second kappa shape index (κ2) is 11.0. The number of hydrogen-bond acceptors (Lipinski definition) is 6. The van der Waals surface area contributed by atoms with Crippen LogP contribution in [0.25, 0.3) is 11.1 Å². The van der Waals surface area contributed by atoms with E-state index in [1.165, 1.54) is 0 Å². The Morgan fingerprint density at radius 1 is 1.16 bits per heavy atom. The Hall–Kier alpha value is -3.05. The van der Waals surface area contributed by atoms with Crippen LogP contribution in [0, 0.1) is 11.3 Å². The second-order valence-electron chi connectivity index (χ2n) is 6.50. The molecule has 0 atom stereocenters. The van der Waals surface area contributed by atoms with E-state index in [4.69, 9.17) is 37.9 Å². The minimum absolute atomic E-state index is 0.160. The number of nitrogens with zero attached hydrogens (tertiary/aromatic N) is 1. The molecule has 2 aromatic carbocycles. The normalized spacial score (nSPS) is 10.3. The van der Waals surface area contributed by atoms with Gasteiger partial charge in [0.25, 0.3) is 0 Å². The Morgan fingerprint density at radius 3 is 2.47 bits per heavy atom. The number of esters is 1. The average Bonchev–Trinajstić information content (AvgIpc) is 3.17. The van der Waals surface area contributed by atoms with Crippen molar-refractivity contribution in [3.05, 3.63) is 69.0 Å². The summed E-state index contributed by atoms with van der Waals surface area (Å²) in [6.07, 6.45) is -0.333. The van der Waals surface area contributed by atoms with Gasteiger partial charge in [-0.3, -0.25) is 4.79 Å². The zero-order valence-corrected chi connectivity index (χ0v) is 19.3. The molecule has 1 heterocycles. The van der Waals surface area contributed by atoms with Crippen LogP contribution in [0.15, 0.2) is 47.8 Å². The van der Waals surface area contributed by atoms with Crippen molar-refractivity contribution in [1.29, 1.82) is 5.26 Å². The fraction of sp³-hybridized carbons (Fsp3) is 0.174. The summed E-state index contributed by atoms with van der Waals surface area (Å²) in [4.78, 5) is 24.5. The maximum absolute atomic E-state index is 12.6. The third-order valence-electron chi connectivity index (χ3n) is 4.30. The molecular formula is C23H18Cl2N2O4S. The van der Waals surface area contributed by atoms with Crippen LogP contribution in [0.3, 0.4) is 0 Å². The molecule has 0 spiro atoms. The number of nitrogens with one attached hydrogen (secondary N) is 1. The lowest BCUT2D eigenvalue weighted by Crippen LogP contribution is -2.13. The molecule has 0 aliphatic carbocycles. The minimum Gasteiger partial charge on any atom is -0.486 e. The molecule has 0 aliphatic rings. The second-order valence-corrected chi connectivity index (χ2v) is 8.19. The number of carbonyl (C=O) groups is 2. The highest BCUT2D eigenvalue weighted by Crippen LogP contribution is 2.42. The van der Waals surface area contributed by atoms with Gasteiger partial charge in [0, 0.05) is 10.9 Å². The first-order valence-corrected chi connectivity index (χ1v) is 11.2. The maximum Gasteiger partial charge on any atom is 0.341 e. The van der Waals surface area contributed by atoms with E-state index in [-0.39, 0.29) is 33.6 Å². The standard InChI is InChI=1S/C23H18Cl2N2O4S/c1-2-30-23(29)20-16(13-32-22(20)27-19(28)8-9-26)15-10-17(24)21(18(25)11-15)31-12-14-6-4-3-5-7-14/h3-7,10-11,13H,2,8,12H2,1H3,(H,27,28). The number of amides is 1. The topological polar surface area (TPSA) is 88.4 Å². The molecule has 1 amide bonds. The summed E-state index contributed by atoms with van der Waals surface area (Å²) in [7, 11) is 0. The van der Waals surface area contributed by atoms with Gasteiger partial charge in [-0.2, -0.15) is 5.26 Å². The molecule has 0 saturated heterocycles. The Balaban J connectivity index is 1.94. The molecule has 32 heavy (non-hydrogen) atoms. The first-order chi connectivity index (χ1) is 15.4. The van der Waals surface area contributed by atoms with Crippen molar-refractivity contribution in [2.45, 2.75) is 20.0 Å². The third-order valence-corrected chi connectivity index (χ3v) is 5.76. The Kier molecular flexibility index (Phi) is 8.12. The predicted molar refractivity (Wildman–Crippen MR) is 125 cm³/mol. The number of ether oxygens (including phenoxy) is 2. The smallest absolute Gasteiger partial charge is 0.341 e. The fourth-order valence-corrected chi connectivity index (χ4v) is 4.46. The van der Waals surface area contributed by atoms with Gasteiger partial charge in [-0.15, -0.1) is 11.3 Å². The van der Waals surface area contributed by atoms with Gasteiger partial charge in [-0.25, -0.2) is 4.79 Å². The molecule has 0 radical (unpaired) electrons. The van der Waals surface area contributed by atoms with Crippen LogP contribution in [-0.2, 0) is 16.1 Å². The number of thiophene rings is 1. The number of rotatable bonds is 8. The number of benzene rings is 2. The van der Waals surface area contributed by atoms with E-state index in [0.717, 1.165) is 16.9 Å². The number of anilines is 1. The maximum atomic E-state index is 12.6. The molecular weight excluding hydrogens is 471 g/mol. The lowest BCUT2D eigenvalue weighted by molar-refractivity contribution is -0.115. The Morgan fingerprint density at radius 2 is 1.84 bits per heavy atom.